The van der Waals surface area contributed by atoms with Crippen LogP contribution in [0.3, 0.4) is 0 Å². The largest absolute Gasteiger partial charge is 0.507 e. The second-order valence-electron chi connectivity index (χ2n) is 10.6. The summed E-state index contributed by atoms with van der Waals surface area (Å²) in [5.41, 5.74) is 5.60. The smallest absolute Gasteiger partial charge is 0.134 e. The van der Waals surface area contributed by atoms with Crippen molar-refractivity contribution in [2.24, 2.45) is 4.99 Å². The summed E-state index contributed by atoms with van der Waals surface area (Å²) in [5, 5.41) is 27.7. The molecular formula is C38H25N3O2Pt. The first-order valence-electron chi connectivity index (χ1n) is 14.1. The molecule has 8 rings (SSSR count). The Morgan fingerprint density at radius 1 is 0.614 bits per heavy atom. The van der Waals surface area contributed by atoms with E-state index < -0.39 is 0 Å². The van der Waals surface area contributed by atoms with Gasteiger partial charge in [-0.25, -0.2) is 4.98 Å². The van der Waals surface area contributed by atoms with Crippen LogP contribution in [0.15, 0.2) is 138 Å². The molecule has 44 heavy (non-hydrogen) atoms. The number of para-hydroxylation sites is 2. The Kier molecular flexibility index (Phi) is 6.96. The van der Waals surface area contributed by atoms with Gasteiger partial charge in [0.1, 0.15) is 11.5 Å². The summed E-state index contributed by atoms with van der Waals surface area (Å²) in [5.74, 6) is 0.373. The van der Waals surface area contributed by atoms with Gasteiger partial charge in [0, 0.05) is 48.5 Å². The molecule has 0 aliphatic rings. The van der Waals surface area contributed by atoms with E-state index in [2.05, 4.69) is 28.8 Å². The van der Waals surface area contributed by atoms with E-state index in [9.17, 15) is 10.2 Å². The average Bonchev–Trinajstić information content (AvgIpc) is 3.39. The quantitative estimate of drug-likeness (QED) is 0.176. The number of hydrogen-bond donors (Lipinski definition) is 2. The number of hydrogen-bond acceptors (Lipinski definition) is 4. The normalized spacial score (nSPS) is 11.5. The molecule has 0 aliphatic carbocycles. The summed E-state index contributed by atoms with van der Waals surface area (Å²) in [7, 11) is 0. The van der Waals surface area contributed by atoms with Crippen molar-refractivity contribution in [3.05, 3.63) is 139 Å². The molecule has 0 fully saturated rings. The van der Waals surface area contributed by atoms with Gasteiger partial charge in [0.05, 0.1) is 39.7 Å². The standard InChI is InChI=1S/C38H25N3O2.Pt/c42-35-19-9-12-24-11-8-17-30(36(24)35)39-23-32-27-15-5-4-10-25(27)22-31(40-32)28-20-21-34-37(38(28)43)29-16-6-7-18-33(29)41(34)26-13-2-1-3-14-26;/h1-23,42-43H;. The summed E-state index contributed by atoms with van der Waals surface area (Å²) >= 11 is 0. The van der Waals surface area contributed by atoms with E-state index in [1.54, 1.807) is 12.3 Å². The molecule has 2 aromatic heterocycles. The number of phenolic OH excluding ortho intramolecular Hbond substituents is 2. The molecule has 6 aromatic carbocycles. The molecule has 0 saturated carbocycles. The number of nitrogens with zero attached hydrogens (tertiary/aromatic N) is 3. The Morgan fingerprint density at radius 2 is 1.32 bits per heavy atom. The SMILES string of the molecule is Oc1cccc2cccc(N=Cc3nc(-c4ccc5c(c4O)c4ccccc4n5-c4ccccc4)cc4ccccc34)c12.[Pt]. The molecule has 8 aromatic rings. The van der Waals surface area contributed by atoms with Gasteiger partial charge in [-0.05, 0) is 59.3 Å². The number of aromatic nitrogens is 2. The van der Waals surface area contributed by atoms with Crippen LogP contribution in [0.1, 0.15) is 5.69 Å². The summed E-state index contributed by atoms with van der Waals surface area (Å²) in [6, 6.07) is 43.6. The predicted molar refractivity (Wildman–Crippen MR) is 176 cm³/mol. The Hall–Kier alpha value is -5.25. The fraction of sp³-hybridized carbons (Fsp3) is 0. The van der Waals surface area contributed by atoms with Gasteiger partial charge in [0.15, 0.2) is 0 Å². The zero-order valence-electron chi connectivity index (χ0n) is 23.3. The minimum Gasteiger partial charge on any atom is -0.507 e. The van der Waals surface area contributed by atoms with Gasteiger partial charge in [-0.1, -0.05) is 84.9 Å². The van der Waals surface area contributed by atoms with Crippen molar-refractivity contribution < 1.29 is 31.3 Å². The number of pyridine rings is 1. The summed E-state index contributed by atoms with van der Waals surface area (Å²) in [6.07, 6.45) is 1.74. The van der Waals surface area contributed by atoms with Gasteiger partial charge in [-0.15, -0.1) is 0 Å². The van der Waals surface area contributed by atoms with E-state index in [0.29, 0.717) is 28.0 Å². The van der Waals surface area contributed by atoms with E-state index in [1.807, 2.05) is 103 Å². The maximum Gasteiger partial charge on any atom is 0.134 e. The molecule has 214 valence electrons. The predicted octanol–water partition coefficient (Wildman–Crippen LogP) is 9.31. The molecular weight excluding hydrogens is 726 g/mol. The Balaban J connectivity index is 0.00000312. The van der Waals surface area contributed by atoms with Gasteiger partial charge in [-0.2, -0.15) is 0 Å². The topological polar surface area (TPSA) is 70.6 Å². The number of phenols is 2. The van der Waals surface area contributed by atoms with Crippen LogP contribution in [0, 0.1) is 0 Å². The third kappa shape index (κ3) is 4.45. The number of rotatable bonds is 4. The van der Waals surface area contributed by atoms with Crippen LogP contribution in [0.2, 0.25) is 0 Å². The monoisotopic (exact) mass is 750 g/mol. The van der Waals surface area contributed by atoms with Gasteiger partial charge < -0.3 is 14.8 Å². The van der Waals surface area contributed by atoms with Gasteiger partial charge in [0.25, 0.3) is 0 Å². The summed E-state index contributed by atoms with van der Waals surface area (Å²) in [4.78, 5) is 9.81. The van der Waals surface area contributed by atoms with Crippen molar-refractivity contribution in [3.8, 4) is 28.4 Å². The molecule has 0 bridgehead atoms. The van der Waals surface area contributed by atoms with Crippen molar-refractivity contribution in [1.82, 2.24) is 9.55 Å². The molecule has 0 radical (unpaired) electrons. The minimum absolute atomic E-state index is 0. The molecule has 0 unspecified atom stereocenters. The fourth-order valence-corrected chi connectivity index (χ4v) is 6.11. The molecule has 0 aliphatic heterocycles. The zero-order valence-corrected chi connectivity index (χ0v) is 25.6. The minimum atomic E-state index is 0. The van der Waals surface area contributed by atoms with Gasteiger partial charge in [0.2, 0.25) is 0 Å². The first kappa shape index (κ1) is 27.6. The number of aromatic hydroxyl groups is 2. The molecule has 2 N–H and O–H groups in total. The first-order chi connectivity index (χ1) is 21.2. The second-order valence-corrected chi connectivity index (χ2v) is 10.6. The van der Waals surface area contributed by atoms with E-state index >= 15 is 0 Å². The third-order valence-electron chi connectivity index (χ3n) is 8.06. The fourth-order valence-electron chi connectivity index (χ4n) is 6.11. The van der Waals surface area contributed by atoms with Crippen LogP contribution in [0.25, 0.3) is 60.3 Å². The van der Waals surface area contributed by atoms with Crippen molar-refractivity contribution in [1.29, 1.82) is 0 Å². The molecule has 0 atom stereocenters. The third-order valence-corrected chi connectivity index (χ3v) is 8.06. The van der Waals surface area contributed by atoms with E-state index in [0.717, 1.165) is 43.7 Å². The Morgan fingerprint density at radius 3 is 2.16 bits per heavy atom. The molecule has 0 saturated heterocycles. The maximum absolute atomic E-state index is 11.9. The van der Waals surface area contributed by atoms with Gasteiger partial charge in [-0.3, -0.25) is 4.99 Å². The molecule has 6 heteroatoms. The second kappa shape index (κ2) is 11.1. The number of benzene rings is 6. The molecule has 2 heterocycles. The molecule has 0 amide bonds. The Labute approximate surface area is 267 Å². The van der Waals surface area contributed by atoms with Crippen molar-refractivity contribution in [2.45, 2.75) is 0 Å². The van der Waals surface area contributed by atoms with E-state index in [4.69, 9.17) is 9.98 Å². The van der Waals surface area contributed by atoms with Crippen molar-refractivity contribution in [2.75, 3.05) is 0 Å². The van der Waals surface area contributed by atoms with Crippen LogP contribution in [-0.4, -0.2) is 26.0 Å². The van der Waals surface area contributed by atoms with Crippen LogP contribution in [0.5, 0.6) is 11.5 Å². The van der Waals surface area contributed by atoms with E-state index in [1.165, 1.54) is 0 Å². The van der Waals surface area contributed by atoms with Crippen molar-refractivity contribution >= 4 is 55.3 Å². The van der Waals surface area contributed by atoms with Crippen molar-refractivity contribution in [3.63, 3.8) is 0 Å². The van der Waals surface area contributed by atoms with Crippen LogP contribution < -0.4 is 0 Å². The molecule has 5 nitrogen and oxygen atoms in total. The van der Waals surface area contributed by atoms with Gasteiger partial charge >= 0.3 is 0 Å². The van der Waals surface area contributed by atoms with E-state index in [-0.39, 0.29) is 32.6 Å². The Bertz CT molecular complexity index is 2370. The zero-order chi connectivity index (χ0) is 28.9. The number of aliphatic imine (C=N–C) groups is 1. The number of fused-ring (bicyclic) bond motifs is 5. The first-order valence-corrected chi connectivity index (χ1v) is 14.1. The van der Waals surface area contributed by atoms with Crippen LogP contribution >= 0.6 is 0 Å². The van der Waals surface area contributed by atoms with Crippen LogP contribution in [0.4, 0.5) is 5.69 Å². The average molecular weight is 751 g/mol. The molecule has 0 spiro atoms. The maximum atomic E-state index is 11.9. The van der Waals surface area contributed by atoms with Crippen LogP contribution in [-0.2, 0) is 21.1 Å². The summed E-state index contributed by atoms with van der Waals surface area (Å²) in [6.45, 7) is 0. The summed E-state index contributed by atoms with van der Waals surface area (Å²) < 4.78 is 2.18.